The van der Waals surface area contributed by atoms with Crippen molar-refractivity contribution in [3.63, 3.8) is 0 Å². The van der Waals surface area contributed by atoms with E-state index in [1.807, 2.05) is 0 Å². The molecule has 0 amide bonds. The first-order chi connectivity index (χ1) is 14.1. The minimum atomic E-state index is -4.58. The predicted octanol–water partition coefficient (Wildman–Crippen LogP) is 1.04. The number of aliphatic hydroxyl groups excluding tert-OH is 3. The molecular weight excluding hydrogens is 409 g/mol. The summed E-state index contributed by atoms with van der Waals surface area (Å²) in [7, 11) is 0. The van der Waals surface area contributed by atoms with E-state index in [2.05, 4.69) is 9.97 Å². The lowest BCUT2D eigenvalue weighted by molar-refractivity contribution is -0.280. The average molecular weight is 430 g/mol. The SMILES string of the molecule is Cc1cc(-c2cnc(C(F)(F)F)cn2)ccc1O[C@H]1OC(CO)CC(O)(CO)C1O. The van der Waals surface area contributed by atoms with Crippen LogP contribution in [-0.2, 0) is 10.9 Å². The lowest BCUT2D eigenvalue weighted by Gasteiger charge is -2.43. The highest BCUT2D eigenvalue weighted by Gasteiger charge is 2.49. The maximum atomic E-state index is 12.6. The summed E-state index contributed by atoms with van der Waals surface area (Å²) in [6.07, 6.45) is -6.88. The smallest absolute Gasteiger partial charge is 0.434 e. The summed E-state index contributed by atoms with van der Waals surface area (Å²) >= 11 is 0. The summed E-state index contributed by atoms with van der Waals surface area (Å²) in [4.78, 5) is 7.17. The van der Waals surface area contributed by atoms with Gasteiger partial charge in [-0.3, -0.25) is 4.98 Å². The predicted molar refractivity (Wildman–Crippen MR) is 96.2 cm³/mol. The quantitative estimate of drug-likeness (QED) is 0.555. The Balaban J connectivity index is 1.80. The zero-order valence-corrected chi connectivity index (χ0v) is 15.9. The molecule has 3 unspecified atom stereocenters. The van der Waals surface area contributed by atoms with Crippen LogP contribution in [0.2, 0.25) is 0 Å². The molecule has 1 saturated heterocycles. The summed E-state index contributed by atoms with van der Waals surface area (Å²) in [6, 6.07) is 4.64. The second-order valence-electron chi connectivity index (χ2n) is 7.10. The molecule has 0 saturated carbocycles. The number of hydrogen-bond acceptors (Lipinski definition) is 8. The Morgan fingerprint density at radius 3 is 2.50 bits per heavy atom. The molecule has 164 valence electrons. The molecule has 1 fully saturated rings. The van der Waals surface area contributed by atoms with Crippen molar-refractivity contribution in [2.24, 2.45) is 0 Å². The van der Waals surface area contributed by atoms with E-state index in [1.165, 1.54) is 12.1 Å². The van der Waals surface area contributed by atoms with Crippen molar-refractivity contribution in [3.05, 3.63) is 41.9 Å². The topological polar surface area (TPSA) is 125 Å². The number of rotatable bonds is 5. The molecule has 2 aromatic rings. The van der Waals surface area contributed by atoms with Gasteiger partial charge in [-0.1, -0.05) is 0 Å². The van der Waals surface area contributed by atoms with Crippen molar-refractivity contribution in [1.29, 1.82) is 0 Å². The van der Waals surface area contributed by atoms with Gasteiger partial charge in [-0.15, -0.1) is 0 Å². The molecule has 0 spiro atoms. The Morgan fingerprint density at radius 1 is 1.23 bits per heavy atom. The van der Waals surface area contributed by atoms with Crippen LogP contribution in [0.25, 0.3) is 11.3 Å². The second-order valence-corrected chi connectivity index (χ2v) is 7.10. The summed E-state index contributed by atoms with van der Waals surface area (Å²) in [6.45, 7) is 0.463. The van der Waals surface area contributed by atoms with Gasteiger partial charge in [0.15, 0.2) is 5.69 Å². The number of hydrogen-bond donors (Lipinski definition) is 4. The highest BCUT2D eigenvalue weighted by Crippen LogP contribution is 2.33. The third-order valence-electron chi connectivity index (χ3n) is 4.85. The number of alkyl halides is 3. The van der Waals surface area contributed by atoms with Crippen LogP contribution in [-0.4, -0.2) is 67.7 Å². The number of halogens is 3. The summed E-state index contributed by atoms with van der Waals surface area (Å²) in [5, 5.41) is 39.5. The van der Waals surface area contributed by atoms with Gasteiger partial charge >= 0.3 is 6.18 Å². The van der Waals surface area contributed by atoms with Crippen LogP contribution >= 0.6 is 0 Å². The molecule has 8 nitrogen and oxygen atoms in total. The molecule has 2 heterocycles. The number of benzene rings is 1. The van der Waals surface area contributed by atoms with Gasteiger partial charge in [0, 0.05) is 12.0 Å². The molecule has 1 aliphatic heterocycles. The minimum Gasteiger partial charge on any atom is -0.462 e. The first kappa shape index (κ1) is 22.4. The third kappa shape index (κ3) is 4.55. The summed E-state index contributed by atoms with van der Waals surface area (Å²) < 4.78 is 49.0. The Bertz CT molecular complexity index is 880. The highest BCUT2D eigenvalue weighted by atomic mass is 19.4. The minimum absolute atomic E-state index is 0.175. The molecule has 11 heteroatoms. The average Bonchev–Trinajstić information content (AvgIpc) is 2.72. The van der Waals surface area contributed by atoms with Crippen molar-refractivity contribution in [1.82, 2.24) is 9.97 Å². The van der Waals surface area contributed by atoms with Gasteiger partial charge in [0.2, 0.25) is 6.29 Å². The van der Waals surface area contributed by atoms with E-state index in [1.54, 1.807) is 13.0 Å². The standard InChI is InChI=1S/C19H21F3N2O6/c1-10-4-11(13-6-24-15(7-23-13)19(20,21)22)2-3-14(10)30-17-16(27)18(28,9-26)5-12(8-25)29-17/h2-4,6-7,12,16-17,25-28H,5,8-9H2,1H3/t12?,16?,17-,18?/m1/s1. The lowest BCUT2D eigenvalue weighted by Crippen LogP contribution is -2.61. The molecule has 0 radical (unpaired) electrons. The Morgan fingerprint density at radius 2 is 1.97 bits per heavy atom. The van der Waals surface area contributed by atoms with Crippen LogP contribution in [0.5, 0.6) is 5.75 Å². The van der Waals surface area contributed by atoms with Crippen molar-refractivity contribution >= 4 is 0 Å². The molecule has 1 aromatic heterocycles. The maximum absolute atomic E-state index is 12.6. The van der Waals surface area contributed by atoms with Crippen LogP contribution in [0.15, 0.2) is 30.6 Å². The van der Waals surface area contributed by atoms with Crippen LogP contribution in [0.1, 0.15) is 17.7 Å². The molecule has 4 N–H and O–H groups in total. The van der Waals surface area contributed by atoms with Gasteiger partial charge in [0.05, 0.1) is 37.4 Å². The zero-order valence-electron chi connectivity index (χ0n) is 15.9. The van der Waals surface area contributed by atoms with E-state index in [0.717, 1.165) is 6.20 Å². The lowest BCUT2D eigenvalue weighted by atomic mass is 9.88. The van der Waals surface area contributed by atoms with Crippen molar-refractivity contribution in [2.45, 2.75) is 43.6 Å². The maximum Gasteiger partial charge on any atom is 0.434 e. The largest absolute Gasteiger partial charge is 0.462 e. The number of nitrogens with zero attached hydrogens (tertiary/aromatic N) is 2. The van der Waals surface area contributed by atoms with E-state index in [0.29, 0.717) is 17.3 Å². The van der Waals surface area contributed by atoms with Gasteiger partial charge < -0.3 is 29.9 Å². The van der Waals surface area contributed by atoms with Crippen molar-refractivity contribution in [3.8, 4) is 17.0 Å². The van der Waals surface area contributed by atoms with E-state index in [9.17, 15) is 33.6 Å². The Hall–Kier alpha value is -2.31. The van der Waals surface area contributed by atoms with Gasteiger partial charge in [-0.2, -0.15) is 13.2 Å². The molecule has 0 aliphatic carbocycles. The Kier molecular flexibility index (Phi) is 6.29. The van der Waals surface area contributed by atoms with Crippen LogP contribution in [0.3, 0.4) is 0 Å². The first-order valence-electron chi connectivity index (χ1n) is 9.02. The first-order valence-corrected chi connectivity index (χ1v) is 9.02. The van der Waals surface area contributed by atoms with E-state index in [-0.39, 0.29) is 17.9 Å². The highest BCUT2D eigenvalue weighted by molar-refractivity contribution is 5.61. The third-order valence-corrected chi connectivity index (χ3v) is 4.85. The van der Waals surface area contributed by atoms with Gasteiger partial charge in [-0.05, 0) is 30.7 Å². The summed E-state index contributed by atoms with van der Waals surface area (Å²) in [5.74, 6) is 0.265. The number of aliphatic hydroxyl groups is 4. The number of aromatic nitrogens is 2. The molecule has 30 heavy (non-hydrogen) atoms. The fourth-order valence-electron chi connectivity index (χ4n) is 3.13. The van der Waals surface area contributed by atoms with Gasteiger partial charge in [0.25, 0.3) is 0 Å². The zero-order chi connectivity index (χ0) is 22.1. The van der Waals surface area contributed by atoms with Gasteiger partial charge in [-0.25, -0.2) is 4.98 Å². The van der Waals surface area contributed by atoms with E-state index >= 15 is 0 Å². The molecular formula is C19H21F3N2O6. The fourth-order valence-corrected chi connectivity index (χ4v) is 3.13. The number of ether oxygens (including phenoxy) is 2. The van der Waals surface area contributed by atoms with E-state index in [4.69, 9.17) is 9.47 Å². The second kappa shape index (κ2) is 8.44. The monoisotopic (exact) mass is 430 g/mol. The molecule has 4 atom stereocenters. The Labute approximate surface area is 169 Å². The van der Waals surface area contributed by atoms with E-state index < -0.39 is 49.2 Å². The normalized spacial score (nSPS) is 27.1. The van der Waals surface area contributed by atoms with Crippen LogP contribution < -0.4 is 4.74 Å². The number of aryl methyl sites for hydroxylation is 1. The van der Waals surface area contributed by atoms with Crippen molar-refractivity contribution < 1.29 is 43.1 Å². The molecule has 3 rings (SSSR count). The fraction of sp³-hybridized carbons (Fsp3) is 0.474. The van der Waals surface area contributed by atoms with Gasteiger partial charge in [0.1, 0.15) is 17.5 Å². The molecule has 1 aromatic carbocycles. The molecule has 1 aliphatic rings. The van der Waals surface area contributed by atoms with Crippen LogP contribution in [0, 0.1) is 6.92 Å². The summed E-state index contributed by atoms with van der Waals surface area (Å²) in [5.41, 5.74) is -1.74. The molecule has 0 bridgehead atoms. The van der Waals surface area contributed by atoms with Crippen LogP contribution in [0.4, 0.5) is 13.2 Å². The van der Waals surface area contributed by atoms with Crippen molar-refractivity contribution in [2.75, 3.05) is 13.2 Å².